The Morgan fingerprint density at radius 3 is 3.00 bits per heavy atom. The van der Waals surface area contributed by atoms with Gasteiger partial charge >= 0.3 is 0 Å². The van der Waals surface area contributed by atoms with Gasteiger partial charge in [0.25, 0.3) is 0 Å². The summed E-state index contributed by atoms with van der Waals surface area (Å²) in [5, 5.41) is 0. The van der Waals surface area contributed by atoms with Gasteiger partial charge in [-0.15, -0.1) is 0 Å². The van der Waals surface area contributed by atoms with Gasteiger partial charge in [0.15, 0.2) is 0 Å². The fourth-order valence-corrected chi connectivity index (χ4v) is 3.89. The topological polar surface area (TPSA) is 9.23 Å². The second kappa shape index (κ2) is 3.93. The van der Waals surface area contributed by atoms with Gasteiger partial charge in [0.1, 0.15) is 0 Å². The zero-order chi connectivity index (χ0) is 10.3. The highest BCUT2D eigenvalue weighted by Gasteiger charge is 2.45. The molecule has 0 amide bonds. The van der Waals surface area contributed by atoms with Crippen LogP contribution in [0.2, 0.25) is 0 Å². The molecular weight excluding hydrogens is 184 g/mol. The third kappa shape index (κ3) is 1.65. The van der Waals surface area contributed by atoms with Crippen molar-refractivity contribution in [3.8, 4) is 0 Å². The Bertz CT molecular complexity index is 256. The van der Waals surface area contributed by atoms with Crippen molar-refractivity contribution in [2.45, 2.75) is 45.1 Å². The van der Waals surface area contributed by atoms with Gasteiger partial charge < -0.3 is 4.74 Å². The highest BCUT2D eigenvalue weighted by atomic mass is 16.5. The van der Waals surface area contributed by atoms with Crippen molar-refractivity contribution in [1.82, 2.24) is 0 Å². The minimum Gasteiger partial charge on any atom is -0.378 e. The molecule has 5 atom stereocenters. The van der Waals surface area contributed by atoms with Crippen molar-refractivity contribution in [1.29, 1.82) is 0 Å². The van der Waals surface area contributed by atoms with Gasteiger partial charge in [-0.3, -0.25) is 0 Å². The summed E-state index contributed by atoms with van der Waals surface area (Å²) in [4.78, 5) is 0. The smallest absolute Gasteiger partial charge is 0.0609 e. The lowest BCUT2D eigenvalue weighted by molar-refractivity contribution is -0.116. The number of allylic oxidation sites excluding steroid dienone is 2. The van der Waals surface area contributed by atoms with Crippen molar-refractivity contribution in [2.24, 2.45) is 23.7 Å². The Kier molecular flexibility index (Phi) is 2.59. The molecule has 4 bridgehead atoms. The first-order valence-corrected chi connectivity index (χ1v) is 6.68. The fraction of sp³-hybridized carbons (Fsp3) is 0.857. The Morgan fingerprint density at radius 2 is 2.20 bits per heavy atom. The molecule has 0 N–H and O–H groups in total. The normalized spacial score (nSPS) is 47.1. The molecule has 1 nitrogen and oxygen atoms in total. The van der Waals surface area contributed by atoms with Crippen LogP contribution in [0.4, 0.5) is 0 Å². The summed E-state index contributed by atoms with van der Waals surface area (Å²) in [6.07, 6.45) is 12.3. The summed E-state index contributed by atoms with van der Waals surface area (Å²) in [6, 6.07) is 0. The van der Waals surface area contributed by atoms with Crippen molar-refractivity contribution in [3.05, 3.63) is 12.2 Å². The van der Waals surface area contributed by atoms with Gasteiger partial charge in [0, 0.05) is 0 Å². The summed E-state index contributed by atoms with van der Waals surface area (Å²) >= 11 is 0. The summed E-state index contributed by atoms with van der Waals surface area (Å²) in [6.45, 7) is 3.31. The lowest BCUT2D eigenvalue weighted by atomic mass is 9.60. The van der Waals surface area contributed by atoms with Crippen LogP contribution >= 0.6 is 0 Å². The minimum absolute atomic E-state index is 0.582. The minimum atomic E-state index is 0.582. The highest BCUT2D eigenvalue weighted by Crippen LogP contribution is 2.49. The second-order valence-electron chi connectivity index (χ2n) is 5.63. The van der Waals surface area contributed by atoms with Crippen molar-refractivity contribution in [2.75, 3.05) is 6.61 Å². The third-order valence-corrected chi connectivity index (χ3v) is 4.67. The standard InChI is InChI=1S/C14H22O/c1-2-3-4-14-13-8-10-5-6-12(13)11(7-10)9-15-14/h5-6,10-14H,2-4,7-9H2,1H3/t10?,11-,12?,13?,14-/m0/s1. The summed E-state index contributed by atoms with van der Waals surface area (Å²) < 4.78 is 6.07. The molecule has 4 aliphatic rings. The molecular formula is C14H22O. The average Bonchev–Trinajstić information content (AvgIpc) is 2.29. The van der Waals surface area contributed by atoms with Crippen LogP contribution < -0.4 is 0 Å². The number of unbranched alkanes of at least 4 members (excludes halogenated alkanes) is 1. The third-order valence-electron chi connectivity index (χ3n) is 4.67. The maximum Gasteiger partial charge on any atom is 0.0609 e. The van der Waals surface area contributed by atoms with Crippen molar-refractivity contribution < 1.29 is 4.74 Å². The van der Waals surface area contributed by atoms with E-state index in [2.05, 4.69) is 19.1 Å². The molecule has 2 fully saturated rings. The van der Waals surface area contributed by atoms with Crippen LogP contribution in [0.5, 0.6) is 0 Å². The maximum atomic E-state index is 6.07. The number of ether oxygens (including phenoxy) is 1. The molecule has 1 heteroatoms. The molecule has 1 aliphatic heterocycles. The molecule has 0 aromatic carbocycles. The Morgan fingerprint density at radius 1 is 1.27 bits per heavy atom. The predicted octanol–water partition coefficient (Wildman–Crippen LogP) is 3.40. The maximum absolute atomic E-state index is 6.07. The van der Waals surface area contributed by atoms with E-state index < -0.39 is 0 Å². The van der Waals surface area contributed by atoms with Gasteiger partial charge in [-0.25, -0.2) is 0 Å². The lowest BCUT2D eigenvalue weighted by Crippen LogP contribution is -2.48. The Labute approximate surface area is 92.9 Å². The van der Waals surface area contributed by atoms with E-state index in [1.54, 1.807) is 0 Å². The highest BCUT2D eigenvalue weighted by molar-refractivity contribution is 5.11. The van der Waals surface area contributed by atoms with E-state index in [0.717, 1.165) is 30.3 Å². The van der Waals surface area contributed by atoms with E-state index in [1.807, 2.05) is 0 Å². The van der Waals surface area contributed by atoms with E-state index in [0.29, 0.717) is 6.10 Å². The SMILES string of the molecule is CCCC[C@@H]1OC[C@@H]2CC3C=CC2C1C3. The molecule has 3 aliphatic carbocycles. The fourth-order valence-electron chi connectivity index (χ4n) is 3.89. The first-order valence-electron chi connectivity index (χ1n) is 6.68. The van der Waals surface area contributed by atoms with E-state index in [1.165, 1.54) is 32.1 Å². The van der Waals surface area contributed by atoms with Crippen LogP contribution in [-0.4, -0.2) is 12.7 Å². The first kappa shape index (κ1) is 9.89. The monoisotopic (exact) mass is 206 g/mol. The van der Waals surface area contributed by atoms with E-state index >= 15 is 0 Å². The molecule has 1 heterocycles. The second-order valence-corrected chi connectivity index (χ2v) is 5.63. The van der Waals surface area contributed by atoms with Gasteiger partial charge in [-0.1, -0.05) is 31.9 Å². The molecule has 0 aromatic heterocycles. The molecule has 4 rings (SSSR count). The molecule has 0 aromatic rings. The van der Waals surface area contributed by atoms with Crippen LogP contribution in [0.3, 0.4) is 0 Å². The molecule has 1 saturated heterocycles. The van der Waals surface area contributed by atoms with Crippen LogP contribution in [0.1, 0.15) is 39.0 Å². The van der Waals surface area contributed by atoms with Gasteiger partial charge in [0.05, 0.1) is 12.7 Å². The molecule has 0 radical (unpaired) electrons. The number of hydrogen-bond donors (Lipinski definition) is 0. The van der Waals surface area contributed by atoms with Gasteiger partial charge in [-0.05, 0) is 42.9 Å². The summed E-state index contributed by atoms with van der Waals surface area (Å²) in [7, 11) is 0. The van der Waals surface area contributed by atoms with Gasteiger partial charge in [0.2, 0.25) is 0 Å². The van der Waals surface area contributed by atoms with Crippen LogP contribution in [0, 0.1) is 23.7 Å². The molecule has 1 saturated carbocycles. The van der Waals surface area contributed by atoms with Crippen molar-refractivity contribution in [3.63, 3.8) is 0 Å². The Hall–Kier alpha value is -0.300. The van der Waals surface area contributed by atoms with Crippen molar-refractivity contribution >= 4 is 0 Å². The first-order chi connectivity index (χ1) is 7.38. The zero-order valence-corrected chi connectivity index (χ0v) is 9.69. The summed E-state index contributed by atoms with van der Waals surface area (Å²) in [5.74, 6) is 3.47. The van der Waals surface area contributed by atoms with E-state index in [4.69, 9.17) is 4.74 Å². The zero-order valence-electron chi connectivity index (χ0n) is 9.69. The molecule has 84 valence electrons. The largest absolute Gasteiger partial charge is 0.378 e. The van der Waals surface area contributed by atoms with Gasteiger partial charge in [-0.2, -0.15) is 0 Å². The average molecular weight is 206 g/mol. The van der Waals surface area contributed by atoms with Crippen LogP contribution in [0.15, 0.2) is 12.2 Å². The van der Waals surface area contributed by atoms with Crippen LogP contribution in [0.25, 0.3) is 0 Å². The van der Waals surface area contributed by atoms with Crippen LogP contribution in [-0.2, 0) is 4.74 Å². The summed E-state index contributed by atoms with van der Waals surface area (Å²) in [5.41, 5.74) is 0. The molecule has 15 heavy (non-hydrogen) atoms. The predicted molar refractivity (Wildman–Crippen MR) is 61.6 cm³/mol. The van der Waals surface area contributed by atoms with E-state index in [-0.39, 0.29) is 0 Å². The molecule has 0 spiro atoms. The Balaban J connectivity index is 1.72. The molecule has 3 unspecified atom stereocenters. The lowest BCUT2D eigenvalue weighted by Gasteiger charge is -2.51. The quantitative estimate of drug-likeness (QED) is 0.643. The van der Waals surface area contributed by atoms with E-state index in [9.17, 15) is 0 Å². The number of rotatable bonds is 3. The number of hydrogen-bond acceptors (Lipinski definition) is 1.